The van der Waals surface area contributed by atoms with Crippen LogP contribution in [0, 0.1) is 13.8 Å². The zero-order chi connectivity index (χ0) is 10.0. The fourth-order valence-electron chi connectivity index (χ4n) is 1.09. The molecule has 0 saturated carbocycles. The number of hydrogen-bond donors (Lipinski definition) is 1. The molecular formula is C9H12ClNOS. The Labute approximate surface area is 85.9 Å². The molecule has 0 aromatic heterocycles. The van der Waals surface area contributed by atoms with E-state index < -0.39 is 11.0 Å². The summed E-state index contributed by atoms with van der Waals surface area (Å²) in [5, 5.41) is 0.693. The molecule has 1 N–H and O–H groups in total. The standard InChI is InChI=1S/C9H12ClNOS/c1-6-4-7(2)9(5-8(6)10)11-13(3)12/h4-5,11H,1-3H3. The van der Waals surface area contributed by atoms with E-state index in [2.05, 4.69) is 4.72 Å². The number of halogens is 1. The van der Waals surface area contributed by atoms with Gasteiger partial charge in [0.25, 0.3) is 0 Å². The zero-order valence-corrected chi connectivity index (χ0v) is 9.42. The fourth-order valence-corrected chi connectivity index (χ4v) is 1.78. The van der Waals surface area contributed by atoms with Crippen LogP contribution in [0.3, 0.4) is 0 Å². The summed E-state index contributed by atoms with van der Waals surface area (Å²) in [5.41, 5.74) is 2.92. The Kier molecular flexibility index (Phi) is 3.33. The van der Waals surface area contributed by atoms with Gasteiger partial charge in [0.1, 0.15) is 11.0 Å². The quantitative estimate of drug-likeness (QED) is 0.811. The van der Waals surface area contributed by atoms with Crippen molar-refractivity contribution in [3.05, 3.63) is 28.3 Å². The van der Waals surface area contributed by atoms with E-state index in [9.17, 15) is 4.21 Å². The third-order valence-corrected chi connectivity index (χ3v) is 2.67. The molecule has 0 radical (unpaired) electrons. The van der Waals surface area contributed by atoms with Crippen LogP contribution >= 0.6 is 11.6 Å². The molecule has 1 aromatic carbocycles. The minimum atomic E-state index is -1.05. The second-order valence-corrected chi connectivity index (χ2v) is 4.49. The van der Waals surface area contributed by atoms with E-state index in [0.717, 1.165) is 16.8 Å². The van der Waals surface area contributed by atoms with E-state index in [0.29, 0.717) is 5.02 Å². The number of hydrogen-bond acceptors (Lipinski definition) is 1. The molecule has 0 fully saturated rings. The molecule has 2 nitrogen and oxygen atoms in total. The number of aryl methyl sites for hydroxylation is 2. The third kappa shape index (κ3) is 2.71. The maximum absolute atomic E-state index is 10.9. The smallest absolute Gasteiger partial charge is 0.113 e. The molecule has 0 heterocycles. The van der Waals surface area contributed by atoms with E-state index in [1.807, 2.05) is 19.9 Å². The van der Waals surface area contributed by atoms with Crippen molar-refractivity contribution in [2.75, 3.05) is 11.0 Å². The van der Waals surface area contributed by atoms with Crippen molar-refractivity contribution >= 4 is 28.3 Å². The van der Waals surface area contributed by atoms with E-state index in [4.69, 9.17) is 11.6 Å². The van der Waals surface area contributed by atoms with E-state index >= 15 is 0 Å². The highest BCUT2D eigenvalue weighted by Crippen LogP contribution is 2.24. The van der Waals surface area contributed by atoms with Gasteiger partial charge in [-0.3, -0.25) is 0 Å². The molecule has 1 atom stereocenters. The number of rotatable bonds is 2. The van der Waals surface area contributed by atoms with Crippen LogP contribution in [0.15, 0.2) is 12.1 Å². The van der Waals surface area contributed by atoms with Gasteiger partial charge in [-0.25, -0.2) is 4.21 Å². The van der Waals surface area contributed by atoms with Crippen LogP contribution in [-0.4, -0.2) is 10.5 Å². The molecule has 13 heavy (non-hydrogen) atoms. The first-order chi connectivity index (χ1) is 6.00. The van der Waals surface area contributed by atoms with Gasteiger partial charge >= 0.3 is 0 Å². The molecule has 0 saturated heterocycles. The van der Waals surface area contributed by atoms with Crippen LogP contribution in [-0.2, 0) is 11.0 Å². The molecule has 1 aromatic rings. The molecule has 0 spiro atoms. The van der Waals surface area contributed by atoms with Crippen molar-refractivity contribution in [3.8, 4) is 0 Å². The van der Waals surface area contributed by atoms with Crippen molar-refractivity contribution in [1.29, 1.82) is 0 Å². The SMILES string of the molecule is Cc1cc(C)c(NS(C)=O)cc1Cl. The molecule has 1 rings (SSSR count). The maximum atomic E-state index is 10.9. The Morgan fingerprint density at radius 3 is 2.46 bits per heavy atom. The van der Waals surface area contributed by atoms with Crippen molar-refractivity contribution < 1.29 is 4.21 Å². The molecular weight excluding hydrogens is 206 g/mol. The summed E-state index contributed by atoms with van der Waals surface area (Å²) >= 11 is 5.93. The number of anilines is 1. The Balaban J connectivity index is 3.08. The zero-order valence-electron chi connectivity index (χ0n) is 7.85. The minimum absolute atomic E-state index is 0.693. The Hall–Kier alpha value is -0.540. The van der Waals surface area contributed by atoms with Gasteiger partial charge in [0.2, 0.25) is 0 Å². The lowest BCUT2D eigenvalue weighted by Crippen LogP contribution is -2.02. The summed E-state index contributed by atoms with van der Waals surface area (Å²) in [5.74, 6) is 0. The molecule has 4 heteroatoms. The highest BCUT2D eigenvalue weighted by Gasteiger charge is 2.03. The van der Waals surface area contributed by atoms with Gasteiger partial charge in [-0.2, -0.15) is 0 Å². The Morgan fingerprint density at radius 2 is 1.92 bits per heavy atom. The monoisotopic (exact) mass is 217 g/mol. The lowest BCUT2D eigenvalue weighted by atomic mass is 10.1. The summed E-state index contributed by atoms with van der Waals surface area (Å²) < 4.78 is 13.7. The predicted octanol–water partition coefficient (Wildman–Crippen LogP) is 2.66. The molecule has 1 unspecified atom stereocenters. The lowest BCUT2D eigenvalue weighted by Gasteiger charge is -2.08. The predicted molar refractivity (Wildman–Crippen MR) is 58.6 cm³/mol. The molecule has 72 valence electrons. The summed E-state index contributed by atoms with van der Waals surface area (Å²) in [6, 6.07) is 3.77. The van der Waals surface area contributed by atoms with Crippen LogP contribution < -0.4 is 4.72 Å². The van der Waals surface area contributed by atoms with E-state index in [1.165, 1.54) is 0 Å². The Morgan fingerprint density at radius 1 is 1.31 bits per heavy atom. The second kappa shape index (κ2) is 4.11. The third-order valence-electron chi connectivity index (χ3n) is 1.76. The van der Waals surface area contributed by atoms with Gasteiger partial charge < -0.3 is 4.72 Å². The van der Waals surface area contributed by atoms with Gasteiger partial charge in [0.05, 0.1) is 5.69 Å². The highest BCUT2D eigenvalue weighted by atomic mass is 35.5. The van der Waals surface area contributed by atoms with E-state index in [-0.39, 0.29) is 0 Å². The topological polar surface area (TPSA) is 29.1 Å². The summed E-state index contributed by atoms with van der Waals surface area (Å²) in [4.78, 5) is 0. The average molecular weight is 218 g/mol. The number of benzene rings is 1. The first kappa shape index (κ1) is 10.5. The van der Waals surface area contributed by atoms with E-state index in [1.54, 1.807) is 12.3 Å². The average Bonchev–Trinajstić information content (AvgIpc) is 1.99. The van der Waals surface area contributed by atoms with Gasteiger partial charge in [-0.15, -0.1) is 0 Å². The summed E-state index contributed by atoms with van der Waals surface area (Å²) in [7, 11) is -1.05. The molecule has 0 aliphatic rings. The van der Waals surface area contributed by atoms with Crippen molar-refractivity contribution in [1.82, 2.24) is 0 Å². The lowest BCUT2D eigenvalue weighted by molar-refractivity contribution is 0.690. The van der Waals surface area contributed by atoms with Crippen LogP contribution in [0.4, 0.5) is 5.69 Å². The fraction of sp³-hybridized carbons (Fsp3) is 0.333. The van der Waals surface area contributed by atoms with Crippen molar-refractivity contribution in [2.24, 2.45) is 0 Å². The second-order valence-electron chi connectivity index (χ2n) is 2.97. The van der Waals surface area contributed by atoms with Gasteiger partial charge in [-0.05, 0) is 31.0 Å². The molecule has 0 aliphatic carbocycles. The van der Waals surface area contributed by atoms with Crippen molar-refractivity contribution in [3.63, 3.8) is 0 Å². The molecule has 0 aliphatic heterocycles. The Bertz CT molecular complexity index is 352. The van der Waals surface area contributed by atoms with Crippen LogP contribution in [0.5, 0.6) is 0 Å². The molecule has 0 bridgehead atoms. The van der Waals surface area contributed by atoms with Crippen molar-refractivity contribution in [2.45, 2.75) is 13.8 Å². The van der Waals surface area contributed by atoms with Crippen LogP contribution in [0.2, 0.25) is 5.02 Å². The largest absolute Gasteiger partial charge is 0.305 e. The normalized spacial score (nSPS) is 12.6. The summed E-state index contributed by atoms with van der Waals surface area (Å²) in [6.07, 6.45) is 1.59. The van der Waals surface area contributed by atoms with Gasteiger partial charge in [0.15, 0.2) is 0 Å². The first-order valence-corrected chi connectivity index (χ1v) is 5.81. The number of nitrogens with one attached hydrogen (secondary N) is 1. The molecule has 0 amide bonds. The first-order valence-electron chi connectivity index (χ1n) is 3.87. The van der Waals surface area contributed by atoms with Crippen LogP contribution in [0.1, 0.15) is 11.1 Å². The summed E-state index contributed by atoms with van der Waals surface area (Å²) in [6.45, 7) is 3.90. The van der Waals surface area contributed by atoms with Gasteiger partial charge in [0, 0.05) is 11.3 Å². The van der Waals surface area contributed by atoms with Crippen LogP contribution in [0.25, 0.3) is 0 Å². The highest BCUT2D eigenvalue weighted by molar-refractivity contribution is 7.85. The minimum Gasteiger partial charge on any atom is -0.305 e. The van der Waals surface area contributed by atoms with Gasteiger partial charge in [-0.1, -0.05) is 17.7 Å². The maximum Gasteiger partial charge on any atom is 0.113 e.